The largest absolute Gasteiger partial charge is 0.482 e. The summed E-state index contributed by atoms with van der Waals surface area (Å²) in [5, 5.41) is 10.5. The van der Waals surface area contributed by atoms with E-state index in [-0.39, 0.29) is 50.0 Å². The number of nitrogens with zero attached hydrogens (tertiary/aromatic N) is 1. The summed E-state index contributed by atoms with van der Waals surface area (Å²) in [4.78, 5) is 49.9. The molecule has 12 nitrogen and oxygen atoms in total. The number of rotatable bonds is 13. The van der Waals surface area contributed by atoms with E-state index >= 15 is 0 Å². The van der Waals surface area contributed by atoms with Crippen LogP contribution in [0.25, 0.3) is 0 Å². The lowest BCUT2D eigenvalue weighted by atomic mass is 9.80. The lowest BCUT2D eigenvalue weighted by molar-refractivity contribution is -0.139. The molecule has 0 fully saturated rings. The first kappa shape index (κ1) is 34.5. The minimum atomic E-state index is -0.866. The third-order valence-electron chi connectivity index (χ3n) is 7.11. The lowest BCUT2D eigenvalue weighted by Gasteiger charge is -2.31. The van der Waals surface area contributed by atoms with Crippen LogP contribution in [0.4, 0.5) is 0 Å². The lowest BCUT2D eigenvalue weighted by Crippen LogP contribution is -2.35. The summed E-state index contributed by atoms with van der Waals surface area (Å²) in [6, 6.07) is 12.0. The van der Waals surface area contributed by atoms with E-state index in [1.807, 2.05) is 0 Å². The van der Waals surface area contributed by atoms with E-state index in [0.717, 1.165) is 5.56 Å². The number of esters is 2. The number of hydrogen-bond donors (Lipinski definition) is 3. The van der Waals surface area contributed by atoms with Crippen molar-refractivity contribution in [2.24, 2.45) is 5.10 Å². The van der Waals surface area contributed by atoms with E-state index in [2.05, 4.69) is 21.2 Å². The summed E-state index contributed by atoms with van der Waals surface area (Å²) >= 11 is 12.9. The van der Waals surface area contributed by atoms with Gasteiger partial charge in [0.2, 0.25) is 5.91 Å². The van der Waals surface area contributed by atoms with Crippen LogP contribution in [0.3, 0.4) is 0 Å². The minimum absolute atomic E-state index is 0.0514. The molecule has 0 saturated heterocycles. The number of carbonyl (C=O) groups excluding carboxylic acids is 4. The number of carbonyl (C=O) groups is 4. The Morgan fingerprint density at radius 1 is 1.04 bits per heavy atom. The van der Waals surface area contributed by atoms with Crippen molar-refractivity contribution in [2.45, 2.75) is 32.6 Å². The Bertz CT molecular complexity index is 1600. The Balaban J connectivity index is 1.36. The monoisotopic (exact) mass is 672 g/mol. The molecule has 14 heteroatoms. The second-order valence-corrected chi connectivity index (χ2v) is 11.0. The third-order valence-corrected chi connectivity index (χ3v) is 7.74. The number of hydrogen-bond acceptors (Lipinski definition) is 10. The average molecular weight is 674 g/mol. The van der Waals surface area contributed by atoms with E-state index in [0.29, 0.717) is 51.3 Å². The van der Waals surface area contributed by atoms with Crippen molar-refractivity contribution in [3.8, 4) is 5.75 Å². The van der Waals surface area contributed by atoms with Crippen LogP contribution in [0, 0.1) is 0 Å². The zero-order valence-corrected chi connectivity index (χ0v) is 27.0. The summed E-state index contributed by atoms with van der Waals surface area (Å²) in [7, 11) is 1.26. The Hall–Kier alpha value is -4.39. The Morgan fingerprint density at radius 2 is 1.83 bits per heavy atom. The van der Waals surface area contributed by atoms with E-state index < -0.39 is 23.8 Å². The first-order chi connectivity index (χ1) is 22.1. The van der Waals surface area contributed by atoms with Crippen molar-refractivity contribution in [2.75, 3.05) is 40.1 Å². The molecule has 2 aliphatic heterocycles. The summed E-state index contributed by atoms with van der Waals surface area (Å²) in [5.74, 6) is -2.34. The minimum Gasteiger partial charge on any atom is -0.482 e. The smallest absolute Gasteiger partial charge is 0.336 e. The first-order valence-corrected chi connectivity index (χ1v) is 15.2. The Morgan fingerprint density at radius 3 is 2.50 bits per heavy atom. The highest BCUT2D eigenvalue weighted by Crippen LogP contribution is 2.42. The predicted octanol–water partition coefficient (Wildman–Crippen LogP) is 3.77. The molecule has 2 aromatic rings. The number of amides is 2. The fourth-order valence-corrected chi connectivity index (χ4v) is 5.45. The van der Waals surface area contributed by atoms with E-state index in [4.69, 9.17) is 42.1 Å². The van der Waals surface area contributed by atoms with Gasteiger partial charge in [-0.05, 0) is 49.2 Å². The Labute approximate surface area is 276 Å². The summed E-state index contributed by atoms with van der Waals surface area (Å²) < 4.78 is 21.8. The standard InChI is InChI=1S/C32H34Cl2N4O8/c1-4-45-32(42)30-24(36-18(2)28(31(41)43-3)29(30)20-7-5-6-8-21(20)33)16-44-14-13-35-27(40)17-46-25-11-9-19(15-22(25)34)23-10-12-26(39)38-37-23/h5-9,11,15,29,36H,4,10,12-14,16-17H2,1-3H3,(H,35,40)(H,38,39). The number of hydrazone groups is 1. The van der Waals surface area contributed by atoms with Gasteiger partial charge in [-0.15, -0.1) is 0 Å². The second-order valence-electron chi connectivity index (χ2n) is 10.2. The number of methoxy groups -OCH3 is 1. The van der Waals surface area contributed by atoms with Gasteiger partial charge in [-0.3, -0.25) is 9.59 Å². The second kappa shape index (κ2) is 16.3. The molecule has 0 aliphatic carbocycles. The van der Waals surface area contributed by atoms with Crippen molar-refractivity contribution in [3.63, 3.8) is 0 Å². The molecular formula is C32H34Cl2N4O8. The molecule has 0 bridgehead atoms. The first-order valence-electron chi connectivity index (χ1n) is 14.5. The molecule has 244 valence electrons. The maximum atomic E-state index is 13.3. The maximum Gasteiger partial charge on any atom is 0.336 e. The van der Waals surface area contributed by atoms with Crippen LogP contribution >= 0.6 is 23.2 Å². The molecule has 2 amide bonds. The zero-order valence-electron chi connectivity index (χ0n) is 25.5. The number of ether oxygens (including phenoxy) is 4. The van der Waals surface area contributed by atoms with Crippen molar-refractivity contribution in [1.82, 2.24) is 16.1 Å². The molecule has 2 aliphatic rings. The van der Waals surface area contributed by atoms with E-state index in [1.54, 1.807) is 56.3 Å². The van der Waals surface area contributed by atoms with Crippen LogP contribution in [0.15, 0.2) is 70.1 Å². The molecule has 46 heavy (non-hydrogen) atoms. The van der Waals surface area contributed by atoms with Crippen LogP contribution in [0.1, 0.15) is 43.7 Å². The number of allylic oxidation sites excluding steroid dienone is 1. The van der Waals surface area contributed by atoms with Gasteiger partial charge < -0.3 is 29.6 Å². The molecule has 0 spiro atoms. The molecule has 4 rings (SSSR count). The van der Waals surface area contributed by atoms with E-state index in [1.165, 1.54) is 7.11 Å². The number of benzene rings is 2. The molecule has 1 atom stereocenters. The van der Waals surface area contributed by atoms with Crippen molar-refractivity contribution < 1.29 is 38.1 Å². The molecule has 0 radical (unpaired) electrons. The van der Waals surface area contributed by atoms with Crippen molar-refractivity contribution >= 4 is 52.7 Å². The van der Waals surface area contributed by atoms with Crippen LogP contribution in [0.5, 0.6) is 5.75 Å². The SMILES string of the molecule is CCOC(=O)C1=C(COCCNC(=O)COc2ccc(C3=NNC(=O)CC3)cc2Cl)NC(C)=C(C(=O)OC)C1c1ccccc1Cl. The van der Waals surface area contributed by atoms with Gasteiger partial charge >= 0.3 is 11.9 Å². The fourth-order valence-electron chi connectivity index (χ4n) is 4.97. The van der Waals surface area contributed by atoms with Gasteiger partial charge in [-0.25, -0.2) is 15.0 Å². The molecule has 2 heterocycles. The summed E-state index contributed by atoms with van der Waals surface area (Å²) in [6.07, 6.45) is 0.840. The highest BCUT2D eigenvalue weighted by molar-refractivity contribution is 6.32. The van der Waals surface area contributed by atoms with Gasteiger partial charge in [0.25, 0.3) is 5.91 Å². The zero-order chi connectivity index (χ0) is 33.2. The van der Waals surface area contributed by atoms with Crippen LogP contribution in [-0.2, 0) is 33.4 Å². The van der Waals surface area contributed by atoms with E-state index in [9.17, 15) is 19.2 Å². The van der Waals surface area contributed by atoms with Crippen LogP contribution in [0.2, 0.25) is 10.0 Å². The van der Waals surface area contributed by atoms with Gasteiger partial charge in [0.15, 0.2) is 6.61 Å². The predicted molar refractivity (Wildman–Crippen MR) is 170 cm³/mol. The molecule has 2 aromatic carbocycles. The number of dihydropyridines is 1. The van der Waals surface area contributed by atoms with Gasteiger partial charge in [0.05, 0.1) is 60.4 Å². The number of halogens is 2. The van der Waals surface area contributed by atoms with Gasteiger partial charge in [-0.2, -0.15) is 5.10 Å². The topological polar surface area (TPSA) is 154 Å². The van der Waals surface area contributed by atoms with Gasteiger partial charge in [0, 0.05) is 30.1 Å². The van der Waals surface area contributed by atoms with Crippen molar-refractivity contribution in [3.05, 3.63) is 86.2 Å². The molecular weight excluding hydrogens is 639 g/mol. The van der Waals surface area contributed by atoms with Crippen molar-refractivity contribution in [1.29, 1.82) is 0 Å². The average Bonchev–Trinajstić information content (AvgIpc) is 3.04. The molecule has 1 unspecified atom stereocenters. The highest BCUT2D eigenvalue weighted by atomic mass is 35.5. The molecule has 3 N–H and O–H groups in total. The maximum absolute atomic E-state index is 13.3. The van der Waals surface area contributed by atoms with Crippen LogP contribution < -0.4 is 20.8 Å². The molecule has 0 saturated carbocycles. The number of nitrogens with one attached hydrogen (secondary N) is 3. The normalized spacial score (nSPS) is 16.2. The van der Waals surface area contributed by atoms with Gasteiger partial charge in [-0.1, -0.05) is 41.4 Å². The summed E-state index contributed by atoms with van der Waals surface area (Å²) in [5.41, 5.74) is 5.68. The molecule has 0 aromatic heterocycles. The third kappa shape index (κ3) is 8.45. The van der Waals surface area contributed by atoms with Crippen LogP contribution in [-0.4, -0.2) is 69.5 Å². The fraction of sp³-hybridized carbons (Fsp3) is 0.344. The van der Waals surface area contributed by atoms with Gasteiger partial charge in [0.1, 0.15) is 5.75 Å². The quantitative estimate of drug-likeness (QED) is 0.213. The Kier molecular flexibility index (Phi) is 12.2. The summed E-state index contributed by atoms with van der Waals surface area (Å²) in [6.45, 7) is 3.41. The highest BCUT2D eigenvalue weighted by Gasteiger charge is 2.39.